The van der Waals surface area contributed by atoms with Crippen molar-refractivity contribution in [2.75, 3.05) is 19.6 Å². The van der Waals surface area contributed by atoms with Gasteiger partial charge in [-0.05, 0) is 44.5 Å². The van der Waals surface area contributed by atoms with Crippen LogP contribution >= 0.6 is 0 Å². The van der Waals surface area contributed by atoms with Crippen LogP contribution in [0.1, 0.15) is 34.1 Å². The number of nitrogens with zero attached hydrogens (tertiary/aromatic N) is 3. The van der Waals surface area contributed by atoms with Crippen LogP contribution in [0.2, 0.25) is 0 Å². The molecule has 3 aromatic rings. The molecular formula is C22H24F2N4O4. The Hall–Kier alpha value is -3.69. The normalized spacial score (nSPS) is 10.9. The van der Waals surface area contributed by atoms with Gasteiger partial charge < -0.3 is 20.1 Å². The maximum atomic E-state index is 13.9. The molecule has 2 amide bonds. The first kappa shape index (κ1) is 23.0. The number of carbonyl (C=O) groups is 2. The number of likely N-dealkylation sites (N-methyl/N-ethyl adjacent to an activating group) is 1. The molecule has 32 heavy (non-hydrogen) atoms. The molecule has 0 atom stereocenters. The van der Waals surface area contributed by atoms with Crippen LogP contribution in [0.3, 0.4) is 0 Å². The van der Waals surface area contributed by atoms with Crippen molar-refractivity contribution in [3.8, 4) is 5.88 Å². The Labute approximate surface area is 183 Å². The lowest BCUT2D eigenvalue weighted by molar-refractivity contribution is 0.0945. The van der Waals surface area contributed by atoms with E-state index in [0.717, 1.165) is 17.7 Å². The van der Waals surface area contributed by atoms with Gasteiger partial charge in [0.25, 0.3) is 5.91 Å². The summed E-state index contributed by atoms with van der Waals surface area (Å²) in [4.78, 5) is 25.1. The van der Waals surface area contributed by atoms with Crippen molar-refractivity contribution in [1.29, 1.82) is 0 Å². The molecule has 170 valence electrons. The molecule has 3 rings (SSSR count). The van der Waals surface area contributed by atoms with Gasteiger partial charge in [-0.3, -0.25) is 4.79 Å². The van der Waals surface area contributed by atoms with Crippen LogP contribution in [0.25, 0.3) is 5.52 Å². The van der Waals surface area contributed by atoms with Gasteiger partial charge in [0.15, 0.2) is 0 Å². The predicted molar refractivity (Wildman–Crippen MR) is 113 cm³/mol. The summed E-state index contributed by atoms with van der Waals surface area (Å²) in [5, 5.41) is 16.1. The Morgan fingerprint density at radius 1 is 1.22 bits per heavy atom. The van der Waals surface area contributed by atoms with Crippen molar-refractivity contribution in [3.05, 3.63) is 64.4 Å². The summed E-state index contributed by atoms with van der Waals surface area (Å²) in [7, 11) is 0. The van der Waals surface area contributed by atoms with E-state index in [2.05, 4.69) is 10.4 Å². The number of carbonyl (C=O) groups excluding carboxylic acids is 1. The molecular weight excluding hydrogens is 422 g/mol. The van der Waals surface area contributed by atoms with Gasteiger partial charge in [0.1, 0.15) is 18.2 Å². The summed E-state index contributed by atoms with van der Waals surface area (Å²) in [6, 6.07) is 6.99. The van der Waals surface area contributed by atoms with Gasteiger partial charge in [0, 0.05) is 25.7 Å². The molecule has 0 saturated carbocycles. The molecule has 0 aliphatic rings. The molecule has 0 aliphatic carbocycles. The summed E-state index contributed by atoms with van der Waals surface area (Å²) in [6.45, 7) is 5.42. The summed E-state index contributed by atoms with van der Waals surface area (Å²) in [5.41, 5.74) is 1.77. The molecule has 10 heteroatoms. The van der Waals surface area contributed by atoms with E-state index < -0.39 is 23.6 Å². The molecule has 0 radical (unpaired) electrons. The minimum Gasteiger partial charge on any atom is -0.473 e. The van der Waals surface area contributed by atoms with Crippen molar-refractivity contribution >= 4 is 17.5 Å². The molecule has 0 aliphatic heterocycles. The predicted octanol–water partition coefficient (Wildman–Crippen LogP) is 3.54. The Morgan fingerprint density at radius 2 is 1.91 bits per heavy atom. The van der Waals surface area contributed by atoms with Gasteiger partial charge >= 0.3 is 6.09 Å². The van der Waals surface area contributed by atoms with Gasteiger partial charge in [-0.1, -0.05) is 6.07 Å². The van der Waals surface area contributed by atoms with Crippen LogP contribution in [0.4, 0.5) is 13.6 Å². The minimum absolute atomic E-state index is 0.136. The highest BCUT2D eigenvalue weighted by atomic mass is 19.1. The van der Waals surface area contributed by atoms with Gasteiger partial charge in [0.05, 0.1) is 22.3 Å². The highest BCUT2D eigenvalue weighted by Gasteiger charge is 2.20. The number of benzene rings is 1. The third-order valence-electron chi connectivity index (χ3n) is 4.99. The number of fused-ring (bicyclic) bond motifs is 1. The van der Waals surface area contributed by atoms with Crippen LogP contribution in [-0.4, -0.2) is 51.3 Å². The second kappa shape index (κ2) is 9.63. The molecule has 0 fully saturated rings. The maximum absolute atomic E-state index is 13.9. The number of pyridine rings is 1. The van der Waals surface area contributed by atoms with E-state index in [1.807, 2.05) is 0 Å². The number of hydrogen-bond donors (Lipinski definition) is 2. The Bertz CT molecular complexity index is 1140. The third-order valence-corrected chi connectivity index (χ3v) is 4.99. The number of amides is 2. The van der Waals surface area contributed by atoms with Gasteiger partial charge in [0.2, 0.25) is 5.88 Å². The van der Waals surface area contributed by atoms with E-state index in [4.69, 9.17) is 9.84 Å². The molecule has 2 N–H and O–H groups in total. The molecule has 8 nitrogen and oxygen atoms in total. The molecule has 1 aromatic carbocycles. The van der Waals surface area contributed by atoms with E-state index >= 15 is 0 Å². The zero-order valence-electron chi connectivity index (χ0n) is 18.0. The van der Waals surface area contributed by atoms with Gasteiger partial charge in [-0.15, -0.1) is 0 Å². The Balaban J connectivity index is 1.84. The van der Waals surface area contributed by atoms with Crippen LogP contribution in [0, 0.1) is 25.5 Å². The summed E-state index contributed by atoms with van der Waals surface area (Å²) < 4.78 is 34.9. The van der Waals surface area contributed by atoms with E-state index in [1.54, 1.807) is 32.9 Å². The van der Waals surface area contributed by atoms with Crippen LogP contribution in [0.5, 0.6) is 5.88 Å². The van der Waals surface area contributed by atoms with Gasteiger partial charge in [-0.25, -0.2) is 13.6 Å². The molecule has 2 aromatic heterocycles. The number of nitrogens with one attached hydrogen (secondary N) is 1. The summed E-state index contributed by atoms with van der Waals surface area (Å²) in [5.74, 6) is -1.61. The highest BCUT2D eigenvalue weighted by Crippen LogP contribution is 2.24. The first-order valence-electron chi connectivity index (χ1n) is 10.0. The highest BCUT2D eigenvalue weighted by molar-refractivity contribution is 6.02. The van der Waals surface area contributed by atoms with E-state index in [9.17, 15) is 18.4 Å². The van der Waals surface area contributed by atoms with E-state index in [1.165, 1.54) is 15.5 Å². The lowest BCUT2D eigenvalue weighted by atomic mass is 10.1. The van der Waals surface area contributed by atoms with E-state index in [-0.39, 0.29) is 31.1 Å². The number of carboxylic acid groups (broad SMARTS) is 1. The Kier molecular flexibility index (Phi) is 6.92. The lowest BCUT2D eigenvalue weighted by Gasteiger charge is -2.16. The summed E-state index contributed by atoms with van der Waals surface area (Å²) >= 11 is 0. The van der Waals surface area contributed by atoms with Crippen molar-refractivity contribution < 1.29 is 28.2 Å². The third kappa shape index (κ3) is 4.79. The van der Waals surface area contributed by atoms with Crippen molar-refractivity contribution in [2.45, 2.75) is 27.4 Å². The number of aromatic nitrogens is 2. The lowest BCUT2D eigenvalue weighted by Crippen LogP contribution is -2.37. The molecule has 0 unspecified atom stereocenters. The first-order valence-corrected chi connectivity index (χ1v) is 10.0. The zero-order valence-corrected chi connectivity index (χ0v) is 18.0. The number of aryl methyl sites for hydroxylation is 2. The minimum atomic E-state index is -1.06. The molecule has 0 saturated heterocycles. The number of rotatable bonds is 8. The van der Waals surface area contributed by atoms with Gasteiger partial charge in [-0.2, -0.15) is 9.61 Å². The van der Waals surface area contributed by atoms with Crippen molar-refractivity contribution in [3.63, 3.8) is 0 Å². The number of halogens is 2. The number of hydrogen-bond acceptors (Lipinski definition) is 4. The average Bonchev–Trinajstić information content (AvgIpc) is 3.06. The SMILES string of the molecule is CCN(CCNC(=O)c1c(C)nn2c(OCc3c(F)cccc3F)cc(C)cc12)C(=O)O. The van der Waals surface area contributed by atoms with Crippen LogP contribution in [0.15, 0.2) is 30.3 Å². The zero-order chi connectivity index (χ0) is 23.4. The number of ether oxygens (including phenoxy) is 1. The monoisotopic (exact) mass is 446 g/mol. The summed E-state index contributed by atoms with van der Waals surface area (Å²) in [6.07, 6.45) is -1.06. The first-order chi connectivity index (χ1) is 15.2. The topological polar surface area (TPSA) is 96.2 Å². The largest absolute Gasteiger partial charge is 0.473 e. The van der Waals surface area contributed by atoms with Crippen molar-refractivity contribution in [2.24, 2.45) is 0 Å². The second-order valence-corrected chi connectivity index (χ2v) is 7.24. The standard InChI is InChI=1S/C22H24F2N4O4/c1-4-27(22(30)31)9-8-25-21(29)20-14(3)26-28-18(20)10-13(2)11-19(28)32-12-15-16(23)6-5-7-17(15)24/h5-7,10-11H,4,8-9,12H2,1-3H3,(H,25,29)(H,30,31). The fraction of sp³-hybridized carbons (Fsp3) is 0.318. The fourth-order valence-electron chi connectivity index (χ4n) is 3.34. The smallest absolute Gasteiger partial charge is 0.407 e. The Morgan fingerprint density at radius 3 is 2.53 bits per heavy atom. The quantitative estimate of drug-likeness (QED) is 0.552. The van der Waals surface area contributed by atoms with Crippen LogP contribution < -0.4 is 10.1 Å². The maximum Gasteiger partial charge on any atom is 0.407 e. The average molecular weight is 446 g/mol. The second-order valence-electron chi connectivity index (χ2n) is 7.24. The van der Waals surface area contributed by atoms with E-state index in [0.29, 0.717) is 23.3 Å². The fourth-order valence-corrected chi connectivity index (χ4v) is 3.34. The molecule has 0 bridgehead atoms. The van der Waals surface area contributed by atoms with Crippen LogP contribution in [-0.2, 0) is 6.61 Å². The van der Waals surface area contributed by atoms with Crippen molar-refractivity contribution in [1.82, 2.24) is 19.8 Å². The molecule has 2 heterocycles. The molecule has 0 spiro atoms.